The molecule has 0 unspecified atom stereocenters. The average molecular weight is 413 g/mol. The molecule has 6 nitrogen and oxygen atoms in total. The van der Waals surface area contributed by atoms with Crippen LogP contribution in [0.25, 0.3) is 5.69 Å². The number of carbonyl (C=O) groups is 1. The molecule has 0 atom stereocenters. The number of halogens is 1. The molecular weight excluding hydrogens is 388 g/mol. The maximum atomic E-state index is 12.3. The number of hydrogen-bond acceptors (Lipinski definition) is 4. The van der Waals surface area contributed by atoms with Gasteiger partial charge in [-0.05, 0) is 44.2 Å². The Bertz CT molecular complexity index is 986. The zero-order valence-corrected chi connectivity index (χ0v) is 17.6. The van der Waals surface area contributed by atoms with Gasteiger partial charge in [-0.25, -0.2) is 4.68 Å². The van der Waals surface area contributed by atoms with Crippen molar-refractivity contribution in [2.45, 2.75) is 26.8 Å². The van der Waals surface area contributed by atoms with Crippen LogP contribution in [0.15, 0.2) is 48.5 Å². The van der Waals surface area contributed by atoms with Crippen molar-refractivity contribution in [3.05, 3.63) is 70.5 Å². The number of rotatable bonds is 8. The van der Waals surface area contributed by atoms with Crippen molar-refractivity contribution in [2.24, 2.45) is 0 Å². The lowest BCUT2D eigenvalue weighted by Crippen LogP contribution is -2.25. The molecule has 0 radical (unpaired) electrons. The van der Waals surface area contributed by atoms with Crippen molar-refractivity contribution in [3.8, 4) is 11.4 Å². The van der Waals surface area contributed by atoms with Gasteiger partial charge in [0, 0.05) is 35.8 Å². The first-order valence-corrected chi connectivity index (χ1v) is 9.82. The van der Waals surface area contributed by atoms with Crippen molar-refractivity contribution in [3.63, 3.8) is 0 Å². The fourth-order valence-electron chi connectivity index (χ4n) is 3.16. The maximum Gasteiger partial charge on any atom is 0.222 e. The molecule has 1 aromatic heterocycles. The van der Waals surface area contributed by atoms with Crippen molar-refractivity contribution in [2.75, 3.05) is 19.0 Å². The molecule has 2 aromatic carbocycles. The minimum absolute atomic E-state index is 0.0373. The summed E-state index contributed by atoms with van der Waals surface area (Å²) in [4.78, 5) is 12.3. The summed E-state index contributed by atoms with van der Waals surface area (Å²) >= 11 is 6.03. The predicted octanol–water partition coefficient (Wildman–Crippen LogP) is 4.27. The third-order valence-electron chi connectivity index (χ3n) is 4.73. The van der Waals surface area contributed by atoms with E-state index in [4.69, 9.17) is 16.3 Å². The third kappa shape index (κ3) is 5.09. The summed E-state index contributed by atoms with van der Waals surface area (Å²) in [5.74, 6) is 0.652. The molecular formula is C22H25ClN4O2. The number of aryl methyl sites for hydroxylation is 1. The number of methoxy groups -OCH3 is 1. The van der Waals surface area contributed by atoms with Gasteiger partial charge < -0.3 is 15.4 Å². The van der Waals surface area contributed by atoms with Crippen molar-refractivity contribution >= 4 is 23.2 Å². The number of carbonyl (C=O) groups excluding carboxylic acids is 1. The quantitative estimate of drug-likeness (QED) is 0.579. The Morgan fingerprint density at radius 2 is 1.93 bits per heavy atom. The summed E-state index contributed by atoms with van der Waals surface area (Å²) in [5, 5.41) is 11.4. The third-order valence-corrected chi connectivity index (χ3v) is 4.97. The van der Waals surface area contributed by atoms with E-state index in [-0.39, 0.29) is 5.91 Å². The minimum atomic E-state index is -0.0373. The van der Waals surface area contributed by atoms with Crippen molar-refractivity contribution in [1.29, 1.82) is 0 Å². The second-order valence-electron chi connectivity index (χ2n) is 6.69. The number of benzene rings is 2. The van der Waals surface area contributed by atoms with E-state index in [1.165, 1.54) is 0 Å². The second-order valence-corrected chi connectivity index (χ2v) is 7.13. The Labute approximate surface area is 175 Å². The van der Waals surface area contributed by atoms with Crippen LogP contribution in [-0.4, -0.2) is 29.3 Å². The van der Waals surface area contributed by atoms with Crippen LogP contribution >= 0.6 is 11.6 Å². The molecule has 3 aromatic rings. The van der Waals surface area contributed by atoms with E-state index in [1.807, 2.05) is 48.9 Å². The summed E-state index contributed by atoms with van der Waals surface area (Å²) in [6.45, 7) is 4.90. The topological polar surface area (TPSA) is 68.2 Å². The number of ether oxygens (including phenoxy) is 1. The van der Waals surface area contributed by atoms with Gasteiger partial charge in [0.1, 0.15) is 5.75 Å². The molecule has 152 valence electrons. The maximum absolute atomic E-state index is 12.3. The van der Waals surface area contributed by atoms with Crippen LogP contribution in [0, 0.1) is 13.8 Å². The summed E-state index contributed by atoms with van der Waals surface area (Å²) < 4.78 is 7.20. The van der Waals surface area contributed by atoms with Crippen LogP contribution in [-0.2, 0) is 11.3 Å². The molecule has 0 spiro atoms. The number of nitrogens with zero attached hydrogens (tertiary/aromatic N) is 2. The van der Waals surface area contributed by atoms with E-state index in [9.17, 15) is 4.79 Å². The number of nitrogens with one attached hydrogen (secondary N) is 2. The first-order valence-electron chi connectivity index (χ1n) is 9.44. The lowest BCUT2D eigenvalue weighted by molar-refractivity contribution is -0.121. The smallest absolute Gasteiger partial charge is 0.222 e. The molecule has 0 bridgehead atoms. The minimum Gasteiger partial charge on any atom is -0.495 e. The molecule has 1 heterocycles. The number of amides is 1. The molecule has 0 saturated carbocycles. The number of hydrogen-bond donors (Lipinski definition) is 2. The van der Waals surface area contributed by atoms with Gasteiger partial charge in [-0.1, -0.05) is 29.8 Å². The first kappa shape index (κ1) is 20.7. The van der Waals surface area contributed by atoms with Crippen LogP contribution in [0.2, 0.25) is 5.02 Å². The molecule has 29 heavy (non-hydrogen) atoms. The Hall–Kier alpha value is -2.99. The zero-order valence-electron chi connectivity index (χ0n) is 16.8. The van der Waals surface area contributed by atoms with Gasteiger partial charge >= 0.3 is 0 Å². The number of aromatic nitrogens is 2. The van der Waals surface area contributed by atoms with Gasteiger partial charge in [-0.2, -0.15) is 5.10 Å². The van der Waals surface area contributed by atoms with E-state index in [0.717, 1.165) is 28.3 Å². The Balaban J connectivity index is 1.55. The molecule has 7 heteroatoms. The van der Waals surface area contributed by atoms with Gasteiger partial charge in [0.05, 0.1) is 24.2 Å². The van der Waals surface area contributed by atoms with Crippen LogP contribution in [0.3, 0.4) is 0 Å². The molecule has 0 aliphatic heterocycles. The standard InChI is InChI=1S/C22H25ClN4O2/c1-15-19(16(2)27(26-15)18-7-5-4-6-8-18)14-25-22(28)11-12-24-20-13-17(23)9-10-21(20)29-3/h4-10,13,24H,11-12,14H2,1-3H3,(H,25,28). The van der Waals surface area contributed by atoms with Crippen molar-refractivity contribution in [1.82, 2.24) is 15.1 Å². The largest absolute Gasteiger partial charge is 0.495 e. The first-order chi connectivity index (χ1) is 14.0. The molecule has 1 amide bonds. The Morgan fingerprint density at radius 3 is 2.66 bits per heavy atom. The summed E-state index contributed by atoms with van der Waals surface area (Å²) in [6.07, 6.45) is 0.334. The van der Waals surface area contributed by atoms with Gasteiger partial charge in [0.2, 0.25) is 5.91 Å². The Morgan fingerprint density at radius 1 is 1.17 bits per heavy atom. The fourth-order valence-corrected chi connectivity index (χ4v) is 3.33. The molecule has 0 saturated heterocycles. The van der Waals surface area contributed by atoms with Gasteiger partial charge in [-0.3, -0.25) is 4.79 Å². The lowest BCUT2D eigenvalue weighted by Gasteiger charge is -2.12. The average Bonchev–Trinajstić information content (AvgIpc) is 3.01. The molecule has 2 N–H and O–H groups in total. The SMILES string of the molecule is COc1ccc(Cl)cc1NCCC(=O)NCc1c(C)nn(-c2ccccc2)c1C. The van der Waals surface area contributed by atoms with Gasteiger partial charge in [-0.15, -0.1) is 0 Å². The van der Waals surface area contributed by atoms with E-state index >= 15 is 0 Å². The predicted molar refractivity (Wildman–Crippen MR) is 116 cm³/mol. The number of anilines is 1. The van der Waals surface area contributed by atoms with E-state index in [0.29, 0.717) is 30.3 Å². The second kappa shape index (κ2) is 9.47. The monoisotopic (exact) mass is 412 g/mol. The van der Waals surface area contributed by atoms with Crippen LogP contribution < -0.4 is 15.4 Å². The van der Waals surface area contributed by atoms with Crippen LogP contribution in [0.1, 0.15) is 23.4 Å². The fraction of sp³-hybridized carbons (Fsp3) is 0.273. The van der Waals surface area contributed by atoms with E-state index < -0.39 is 0 Å². The Kier molecular flexibility index (Phi) is 6.77. The van der Waals surface area contributed by atoms with E-state index in [1.54, 1.807) is 25.3 Å². The molecule has 0 fully saturated rings. The highest BCUT2D eigenvalue weighted by atomic mass is 35.5. The molecule has 0 aliphatic rings. The summed E-state index contributed by atoms with van der Waals surface area (Å²) in [6, 6.07) is 15.3. The highest BCUT2D eigenvalue weighted by molar-refractivity contribution is 6.30. The summed E-state index contributed by atoms with van der Waals surface area (Å²) in [5.41, 5.74) is 4.74. The highest BCUT2D eigenvalue weighted by Crippen LogP contribution is 2.27. The summed E-state index contributed by atoms with van der Waals surface area (Å²) in [7, 11) is 1.60. The van der Waals surface area contributed by atoms with Crippen LogP contribution in [0.4, 0.5) is 5.69 Å². The normalized spacial score (nSPS) is 10.6. The molecule has 3 rings (SSSR count). The zero-order chi connectivity index (χ0) is 20.8. The van der Waals surface area contributed by atoms with Crippen molar-refractivity contribution < 1.29 is 9.53 Å². The lowest BCUT2D eigenvalue weighted by atomic mass is 10.2. The molecule has 0 aliphatic carbocycles. The number of para-hydroxylation sites is 1. The van der Waals surface area contributed by atoms with Gasteiger partial charge in [0.25, 0.3) is 0 Å². The van der Waals surface area contributed by atoms with Gasteiger partial charge in [0.15, 0.2) is 0 Å². The highest BCUT2D eigenvalue weighted by Gasteiger charge is 2.13. The van der Waals surface area contributed by atoms with Crippen LogP contribution in [0.5, 0.6) is 5.75 Å². The van der Waals surface area contributed by atoms with E-state index in [2.05, 4.69) is 15.7 Å².